The van der Waals surface area contributed by atoms with Gasteiger partial charge in [0.25, 0.3) is 0 Å². The maximum atomic E-state index is 2.62. The molecule has 0 N–H and O–H groups in total. The standard InChI is InChI=1S/C19H28/c1-3-5-7-15-14(6-4-2)16-11-17(15)19-13-9-8-12(10-13)18(16)19/h6,8-9,12-13,15-19H,3-5,7,10-11H2,1-2H3. The summed E-state index contributed by atoms with van der Waals surface area (Å²) < 4.78 is 0. The largest absolute Gasteiger partial charge is 0.0850 e. The third-order valence-corrected chi connectivity index (χ3v) is 6.75. The quantitative estimate of drug-likeness (QED) is 0.478. The Kier molecular flexibility index (Phi) is 2.90. The Labute approximate surface area is 118 Å². The van der Waals surface area contributed by atoms with E-state index < -0.39 is 0 Å². The number of unbranched alkanes of at least 4 members (excludes halogenated alkanes) is 1. The van der Waals surface area contributed by atoms with E-state index in [1.807, 2.05) is 5.57 Å². The van der Waals surface area contributed by atoms with Crippen molar-refractivity contribution >= 4 is 0 Å². The molecule has 0 aliphatic heterocycles. The molecular weight excluding hydrogens is 228 g/mol. The molecule has 3 saturated carbocycles. The first kappa shape index (κ1) is 12.2. The molecule has 7 unspecified atom stereocenters. The van der Waals surface area contributed by atoms with Crippen molar-refractivity contribution in [2.45, 2.75) is 52.4 Å². The summed E-state index contributed by atoms with van der Waals surface area (Å²) >= 11 is 0. The van der Waals surface area contributed by atoms with E-state index in [1.165, 1.54) is 32.1 Å². The maximum Gasteiger partial charge on any atom is -0.0160 e. The van der Waals surface area contributed by atoms with Crippen LogP contribution in [0.15, 0.2) is 23.8 Å². The van der Waals surface area contributed by atoms with Crippen molar-refractivity contribution in [3.63, 3.8) is 0 Å². The van der Waals surface area contributed by atoms with Gasteiger partial charge < -0.3 is 0 Å². The van der Waals surface area contributed by atoms with Crippen LogP contribution in [-0.2, 0) is 0 Å². The van der Waals surface area contributed by atoms with Crippen LogP contribution in [0.4, 0.5) is 0 Å². The maximum absolute atomic E-state index is 2.62. The molecule has 0 amide bonds. The number of allylic oxidation sites excluding steroid dienone is 4. The van der Waals surface area contributed by atoms with Crippen LogP contribution in [0.5, 0.6) is 0 Å². The summed E-state index contributed by atoms with van der Waals surface area (Å²) in [7, 11) is 0. The van der Waals surface area contributed by atoms with Gasteiger partial charge in [0.1, 0.15) is 0 Å². The second kappa shape index (κ2) is 4.50. The highest BCUT2D eigenvalue weighted by Crippen LogP contribution is 2.69. The minimum atomic E-state index is 0.956. The first-order valence-corrected chi connectivity index (χ1v) is 8.73. The van der Waals surface area contributed by atoms with E-state index in [-0.39, 0.29) is 0 Å². The third kappa shape index (κ3) is 1.58. The second-order valence-electron chi connectivity index (χ2n) is 7.47. The van der Waals surface area contributed by atoms with Crippen molar-refractivity contribution in [2.24, 2.45) is 41.4 Å². The summed E-state index contributed by atoms with van der Waals surface area (Å²) in [6, 6.07) is 0. The fraction of sp³-hybridized carbons (Fsp3) is 0.789. The van der Waals surface area contributed by atoms with Gasteiger partial charge in [-0.1, -0.05) is 50.5 Å². The summed E-state index contributed by atoms with van der Waals surface area (Å²) in [4.78, 5) is 0. The van der Waals surface area contributed by atoms with Crippen LogP contribution < -0.4 is 0 Å². The first-order chi connectivity index (χ1) is 9.35. The van der Waals surface area contributed by atoms with Crippen molar-refractivity contribution in [2.75, 3.05) is 0 Å². The average Bonchev–Trinajstić information content (AvgIpc) is 3.14. The molecule has 4 bridgehead atoms. The zero-order valence-electron chi connectivity index (χ0n) is 12.5. The minimum Gasteiger partial charge on any atom is -0.0850 e. The monoisotopic (exact) mass is 256 g/mol. The van der Waals surface area contributed by atoms with Crippen LogP contribution in [0.25, 0.3) is 0 Å². The van der Waals surface area contributed by atoms with Gasteiger partial charge in [-0.2, -0.15) is 0 Å². The lowest BCUT2D eigenvalue weighted by atomic mass is 9.66. The van der Waals surface area contributed by atoms with E-state index in [1.54, 1.807) is 6.42 Å². The molecule has 4 rings (SSSR count). The van der Waals surface area contributed by atoms with Crippen molar-refractivity contribution in [1.29, 1.82) is 0 Å². The van der Waals surface area contributed by atoms with Crippen molar-refractivity contribution < 1.29 is 0 Å². The Hall–Kier alpha value is -0.520. The molecule has 4 aliphatic rings. The molecule has 0 aromatic rings. The van der Waals surface area contributed by atoms with Gasteiger partial charge in [-0.25, -0.2) is 0 Å². The molecule has 0 heterocycles. The minimum absolute atomic E-state index is 0.956. The Balaban J connectivity index is 1.64. The normalized spacial score (nSPS) is 51.5. The van der Waals surface area contributed by atoms with Gasteiger partial charge in [-0.3, -0.25) is 0 Å². The predicted octanol–water partition coefficient (Wildman–Crippen LogP) is 5.22. The van der Waals surface area contributed by atoms with Crippen LogP contribution in [0.3, 0.4) is 0 Å². The number of hydrogen-bond donors (Lipinski definition) is 0. The summed E-state index contributed by atoms with van der Waals surface area (Å²) in [5.74, 6) is 7.07. The highest BCUT2D eigenvalue weighted by atomic mass is 14.7. The van der Waals surface area contributed by atoms with Gasteiger partial charge in [0.05, 0.1) is 0 Å². The van der Waals surface area contributed by atoms with E-state index in [4.69, 9.17) is 0 Å². The van der Waals surface area contributed by atoms with Crippen LogP contribution in [-0.4, -0.2) is 0 Å². The SMILES string of the molecule is CCC=C1C(CCCC)C2CC1C1C3C=CC(C3)C21. The van der Waals surface area contributed by atoms with Gasteiger partial charge >= 0.3 is 0 Å². The van der Waals surface area contributed by atoms with E-state index in [0.29, 0.717) is 0 Å². The fourth-order valence-corrected chi connectivity index (χ4v) is 6.33. The topological polar surface area (TPSA) is 0 Å². The van der Waals surface area contributed by atoms with E-state index in [2.05, 4.69) is 32.1 Å². The first-order valence-electron chi connectivity index (χ1n) is 8.73. The highest BCUT2D eigenvalue weighted by Gasteiger charge is 2.62. The highest BCUT2D eigenvalue weighted by molar-refractivity contribution is 5.31. The summed E-state index contributed by atoms with van der Waals surface area (Å²) in [6.45, 7) is 4.67. The Morgan fingerprint density at radius 2 is 1.89 bits per heavy atom. The molecule has 0 nitrogen and oxygen atoms in total. The smallest absolute Gasteiger partial charge is 0.0160 e. The molecule has 0 radical (unpaired) electrons. The molecule has 0 aromatic carbocycles. The Morgan fingerprint density at radius 3 is 2.63 bits per heavy atom. The Morgan fingerprint density at radius 1 is 1.11 bits per heavy atom. The molecule has 0 spiro atoms. The van der Waals surface area contributed by atoms with Gasteiger partial charge in [0, 0.05) is 0 Å². The van der Waals surface area contributed by atoms with Crippen LogP contribution in [0.2, 0.25) is 0 Å². The zero-order chi connectivity index (χ0) is 13.0. The number of hydrogen-bond acceptors (Lipinski definition) is 0. The molecule has 0 heteroatoms. The predicted molar refractivity (Wildman–Crippen MR) is 80.7 cm³/mol. The lowest BCUT2D eigenvalue weighted by molar-refractivity contribution is 0.187. The fourth-order valence-electron chi connectivity index (χ4n) is 6.33. The van der Waals surface area contributed by atoms with Crippen LogP contribution >= 0.6 is 0 Å². The summed E-state index contributed by atoms with van der Waals surface area (Å²) in [6.07, 6.45) is 16.4. The van der Waals surface area contributed by atoms with Gasteiger partial charge in [0.15, 0.2) is 0 Å². The van der Waals surface area contributed by atoms with Crippen LogP contribution in [0.1, 0.15) is 52.4 Å². The molecule has 3 fully saturated rings. The van der Waals surface area contributed by atoms with Crippen LogP contribution in [0, 0.1) is 41.4 Å². The zero-order valence-corrected chi connectivity index (χ0v) is 12.5. The van der Waals surface area contributed by atoms with Crippen molar-refractivity contribution in [1.82, 2.24) is 0 Å². The second-order valence-corrected chi connectivity index (χ2v) is 7.47. The molecule has 19 heavy (non-hydrogen) atoms. The summed E-state index contributed by atoms with van der Waals surface area (Å²) in [5.41, 5.74) is 1.91. The molecule has 7 atom stereocenters. The van der Waals surface area contributed by atoms with E-state index in [0.717, 1.165) is 41.4 Å². The number of rotatable bonds is 4. The Bertz CT molecular complexity index is 416. The van der Waals surface area contributed by atoms with Crippen molar-refractivity contribution in [3.05, 3.63) is 23.8 Å². The lowest BCUT2D eigenvalue weighted by Crippen LogP contribution is -2.32. The molecule has 0 aromatic heterocycles. The molecule has 0 saturated heterocycles. The van der Waals surface area contributed by atoms with Gasteiger partial charge in [-0.05, 0) is 67.1 Å². The van der Waals surface area contributed by atoms with E-state index in [9.17, 15) is 0 Å². The molecule has 4 aliphatic carbocycles. The van der Waals surface area contributed by atoms with Crippen molar-refractivity contribution in [3.8, 4) is 0 Å². The molecular formula is C19H28. The average molecular weight is 256 g/mol. The number of fused-ring (bicyclic) bond motifs is 9. The molecule has 104 valence electrons. The lowest BCUT2D eigenvalue weighted by Gasteiger charge is -2.39. The summed E-state index contributed by atoms with van der Waals surface area (Å²) in [5, 5.41) is 0. The van der Waals surface area contributed by atoms with Gasteiger partial charge in [-0.15, -0.1) is 0 Å². The van der Waals surface area contributed by atoms with Gasteiger partial charge in [0.2, 0.25) is 0 Å². The third-order valence-electron chi connectivity index (χ3n) is 6.75. The van der Waals surface area contributed by atoms with E-state index >= 15 is 0 Å².